The van der Waals surface area contributed by atoms with Crippen molar-refractivity contribution in [2.75, 3.05) is 0 Å². The van der Waals surface area contributed by atoms with E-state index in [1.807, 2.05) is 31.2 Å². The maximum absolute atomic E-state index is 13.2. The molecule has 0 saturated heterocycles. The van der Waals surface area contributed by atoms with Gasteiger partial charge in [-0.05, 0) is 37.1 Å². The molecule has 0 spiro atoms. The van der Waals surface area contributed by atoms with E-state index in [9.17, 15) is 18.0 Å². The summed E-state index contributed by atoms with van der Waals surface area (Å²) in [6.07, 6.45) is -4.61. The molecule has 0 saturated carbocycles. The van der Waals surface area contributed by atoms with Gasteiger partial charge in [0.15, 0.2) is 11.0 Å². The fourth-order valence-electron chi connectivity index (χ4n) is 3.01. The molecule has 2 aromatic carbocycles. The Hall–Kier alpha value is -2.81. The minimum Gasteiger partial charge on any atom is -0.342 e. The van der Waals surface area contributed by atoms with Crippen molar-refractivity contribution >= 4 is 17.7 Å². The second-order valence-corrected chi connectivity index (χ2v) is 7.80. The first-order valence-corrected chi connectivity index (χ1v) is 10.2. The molecule has 1 aromatic heterocycles. The van der Waals surface area contributed by atoms with Crippen LogP contribution in [0.4, 0.5) is 13.2 Å². The van der Waals surface area contributed by atoms with Gasteiger partial charge < -0.3 is 9.88 Å². The van der Waals surface area contributed by atoms with E-state index in [1.165, 1.54) is 35.0 Å². The zero-order valence-corrected chi connectivity index (χ0v) is 17.5. The minimum atomic E-state index is -4.61. The van der Waals surface area contributed by atoms with Gasteiger partial charge in [-0.25, -0.2) is 0 Å². The van der Waals surface area contributed by atoms with E-state index in [2.05, 4.69) is 15.5 Å². The lowest BCUT2D eigenvalue weighted by atomic mass is 10.1. The molecule has 3 aromatic rings. The third-order valence-corrected chi connectivity index (χ3v) is 5.77. The van der Waals surface area contributed by atoms with Crippen LogP contribution in [0.25, 0.3) is 0 Å². The highest BCUT2D eigenvalue weighted by Gasteiger charge is 2.35. The predicted octanol–water partition coefficient (Wildman–Crippen LogP) is 4.93. The van der Waals surface area contributed by atoms with Crippen LogP contribution >= 0.6 is 11.8 Å². The van der Waals surface area contributed by atoms with E-state index >= 15 is 0 Å². The van der Waals surface area contributed by atoms with E-state index in [4.69, 9.17) is 0 Å². The minimum absolute atomic E-state index is 0.423. The van der Waals surface area contributed by atoms with Gasteiger partial charge in [0.05, 0.1) is 17.2 Å². The van der Waals surface area contributed by atoms with E-state index in [1.54, 1.807) is 18.5 Å². The second-order valence-electron chi connectivity index (χ2n) is 6.85. The number of thioether (sulfide) groups is 1. The highest BCUT2D eigenvalue weighted by molar-refractivity contribution is 7.98. The summed E-state index contributed by atoms with van der Waals surface area (Å²) in [5.74, 6) is 0.353. The second kappa shape index (κ2) is 8.91. The largest absolute Gasteiger partial charge is 0.417 e. The number of aryl methyl sites for hydroxylation is 1. The summed E-state index contributed by atoms with van der Waals surface area (Å²) < 4.78 is 41.3. The molecule has 0 radical (unpaired) electrons. The average molecular weight is 434 g/mol. The molecule has 1 amide bonds. The summed E-state index contributed by atoms with van der Waals surface area (Å²) >= 11 is 1.50. The first-order valence-electron chi connectivity index (χ1n) is 9.22. The van der Waals surface area contributed by atoms with Gasteiger partial charge in [-0.1, -0.05) is 48.2 Å². The Morgan fingerprint density at radius 2 is 1.80 bits per heavy atom. The Kier molecular flexibility index (Phi) is 6.50. The number of nitrogens with zero attached hydrogens (tertiary/aromatic N) is 3. The average Bonchev–Trinajstić information content (AvgIpc) is 3.07. The van der Waals surface area contributed by atoms with Gasteiger partial charge in [0.25, 0.3) is 5.91 Å². The first-order chi connectivity index (χ1) is 14.2. The van der Waals surface area contributed by atoms with Crippen LogP contribution in [0.3, 0.4) is 0 Å². The van der Waals surface area contributed by atoms with Crippen LogP contribution in [0.5, 0.6) is 0 Å². The molecule has 30 heavy (non-hydrogen) atoms. The fourth-order valence-corrected chi connectivity index (χ4v) is 4.00. The highest BCUT2D eigenvalue weighted by atomic mass is 32.2. The molecule has 158 valence electrons. The molecule has 1 N–H and O–H groups in total. The van der Waals surface area contributed by atoms with Crippen LogP contribution in [0.1, 0.15) is 45.8 Å². The van der Waals surface area contributed by atoms with Gasteiger partial charge in [-0.3, -0.25) is 4.79 Å². The number of amides is 1. The van der Waals surface area contributed by atoms with Gasteiger partial charge in [0.2, 0.25) is 0 Å². The summed E-state index contributed by atoms with van der Waals surface area (Å²) in [5, 5.41) is 11.5. The number of nitrogens with one attached hydrogen (secondary N) is 1. The van der Waals surface area contributed by atoms with Crippen molar-refractivity contribution in [3.05, 3.63) is 76.6 Å². The Balaban J connectivity index is 1.72. The summed E-state index contributed by atoms with van der Waals surface area (Å²) in [6.45, 7) is 3.70. The van der Waals surface area contributed by atoms with Gasteiger partial charge >= 0.3 is 6.18 Å². The number of hydrogen-bond acceptors (Lipinski definition) is 4. The van der Waals surface area contributed by atoms with Gasteiger partial charge in [0.1, 0.15) is 0 Å². The predicted molar refractivity (Wildman–Crippen MR) is 109 cm³/mol. The summed E-state index contributed by atoms with van der Waals surface area (Å²) in [7, 11) is 1.77. The van der Waals surface area contributed by atoms with Crippen molar-refractivity contribution in [2.24, 2.45) is 7.05 Å². The molecule has 0 aliphatic heterocycles. The normalized spacial score (nSPS) is 12.6. The maximum atomic E-state index is 13.2. The van der Waals surface area contributed by atoms with Crippen molar-refractivity contribution in [3.8, 4) is 0 Å². The molecule has 9 heteroatoms. The smallest absolute Gasteiger partial charge is 0.342 e. The van der Waals surface area contributed by atoms with Crippen molar-refractivity contribution < 1.29 is 18.0 Å². The lowest BCUT2D eigenvalue weighted by Crippen LogP contribution is -2.30. The van der Waals surface area contributed by atoms with Crippen LogP contribution in [0, 0.1) is 6.92 Å². The Labute approximate surface area is 176 Å². The SMILES string of the molecule is Cc1ccccc1CSc1nnc(C(C)NC(=O)c2ccccc2C(F)(F)F)n1C. The molecule has 1 atom stereocenters. The summed E-state index contributed by atoms with van der Waals surface area (Å²) in [5.41, 5.74) is 0.962. The van der Waals surface area contributed by atoms with Crippen LogP contribution < -0.4 is 5.32 Å². The number of carbonyl (C=O) groups is 1. The molecule has 3 rings (SSSR count). The highest BCUT2D eigenvalue weighted by Crippen LogP contribution is 2.32. The Morgan fingerprint density at radius 3 is 2.50 bits per heavy atom. The molecule has 0 fully saturated rings. The molecule has 5 nitrogen and oxygen atoms in total. The van der Waals surface area contributed by atoms with Crippen LogP contribution in [-0.4, -0.2) is 20.7 Å². The summed E-state index contributed by atoms with van der Waals surface area (Å²) in [4.78, 5) is 12.5. The van der Waals surface area contributed by atoms with Crippen LogP contribution in [0.2, 0.25) is 0 Å². The molecule has 1 heterocycles. The third-order valence-electron chi connectivity index (χ3n) is 4.70. The standard InChI is InChI=1S/C21H21F3N4OS/c1-13-8-4-5-9-15(13)12-30-20-27-26-18(28(20)3)14(2)25-19(29)16-10-6-7-11-17(16)21(22,23)24/h4-11,14H,12H2,1-3H3,(H,25,29). The monoisotopic (exact) mass is 434 g/mol. The number of rotatable bonds is 6. The van der Waals surface area contributed by atoms with E-state index < -0.39 is 29.3 Å². The van der Waals surface area contributed by atoms with Gasteiger partial charge in [-0.2, -0.15) is 13.2 Å². The zero-order valence-electron chi connectivity index (χ0n) is 16.7. The van der Waals surface area contributed by atoms with E-state index in [0.29, 0.717) is 16.7 Å². The molecular formula is C21H21F3N4OS. The van der Waals surface area contributed by atoms with E-state index in [0.717, 1.165) is 12.1 Å². The third kappa shape index (κ3) is 4.84. The number of hydrogen-bond donors (Lipinski definition) is 1. The number of benzene rings is 2. The molecule has 0 aliphatic carbocycles. The quantitative estimate of drug-likeness (QED) is 0.559. The van der Waals surface area contributed by atoms with E-state index in [-0.39, 0.29) is 0 Å². The number of halogens is 3. The number of aromatic nitrogens is 3. The molecule has 0 bridgehead atoms. The van der Waals surface area contributed by atoms with Crippen LogP contribution in [-0.2, 0) is 19.0 Å². The summed E-state index contributed by atoms with van der Waals surface area (Å²) in [6, 6.07) is 12.1. The fraction of sp³-hybridized carbons (Fsp3) is 0.286. The topological polar surface area (TPSA) is 59.8 Å². The lowest BCUT2D eigenvalue weighted by molar-refractivity contribution is -0.137. The Bertz CT molecular complexity index is 1050. The lowest BCUT2D eigenvalue weighted by Gasteiger charge is -2.16. The maximum Gasteiger partial charge on any atom is 0.417 e. The number of carbonyl (C=O) groups excluding carboxylic acids is 1. The number of alkyl halides is 3. The van der Waals surface area contributed by atoms with Crippen molar-refractivity contribution in [2.45, 2.75) is 37.0 Å². The van der Waals surface area contributed by atoms with Crippen molar-refractivity contribution in [1.82, 2.24) is 20.1 Å². The molecule has 1 unspecified atom stereocenters. The van der Waals surface area contributed by atoms with Crippen molar-refractivity contribution in [1.29, 1.82) is 0 Å². The first kappa shape index (κ1) is 21.9. The van der Waals surface area contributed by atoms with Gasteiger partial charge in [-0.15, -0.1) is 10.2 Å². The molecular weight excluding hydrogens is 413 g/mol. The zero-order chi connectivity index (χ0) is 21.9. The van der Waals surface area contributed by atoms with Crippen LogP contribution in [0.15, 0.2) is 53.7 Å². The van der Waals surface area contributed by atoms with Crippen molar-refractivity contribution in [3.63, 3.8) is 0 Å². The van der Waals surface area contributed by atoms with Gasteiger partial charge in [0, 0.05) is 12.8 Å². The Morgan fingerprint density at radius 1 is 1.13 bits per heavy atom. The molecule has 0 aliphatic rings.